The minimum Gasteiger partial charge on any atom is -0.492 e. The zero-order valence-electron chi connectivity index (χ0n) is 11.7. The lowest BCUT2D eigenvalue weighted by Crippen LogP contribution is -2.54. The fourth-order valence-corrected chi connectivity index (χ4v) is 2.92. The fourth-order valence-electron chi connectivity index (χ4n) is 2.54. The van der Waals surface area contributed by atoms with E-state index in [2.05, 4.69) is 40.0 Å². The molecule has 1 fully saturated rings. The molecule has 1 aromatic rings. The second-order valence-electron chi connectivity index (χ2n) is 5.36. The van der Waals surface area contributed by atoms with Crippen LogP contribution in [0.4, 0.5) is 0 Å². The maximum atomic E-state index is 5.83. The quantitative estimate of drug-likeness (QED) is 0.900. The molecule has 4 heteroatoms. The van der Waals surface area contributed by atoms with Crippen LogP contribution < -0.4 is 10.1 Å². The van der Waals surface area contributed by atoms with Crippen molar-refractivity contribution in [1.29, 1.82) is 0 Å². The number of nitrogens with zero attached hydrogens (tertiary/aromatic N) is 1. The Balaban J connectivity index is 1.81. The molecule has 1 aromatic carbocycles. The van der Waals surface area contributed by atoms with Crippen LogP contribution in [0.2, 0.25) is 0 Å². The van der Waals surface area contributed by atoms with Crippen molar-refractivity contribution in [2.75, 3.05) is 32.8 Å². The Kier molecular flexibility index (Phi) is 5.67. The third-order valence-electron chi connectivity index (χ3n) is 3.61. The molecule has 106 valence electrons. The van der Waals surface area contributed by atoms with Crippen LogP contribution in [0, 0.1) is 5.92 Å². The monoisotopic (exact) mass is 326 g/mol. The van der Waals surface area contributed by atoms with E-state index >= 15 is 0 Å². The van der Waals surface area contributed by atoms with E-state index in [1.165, 1.54) is 0 Å². The van der Waals surface area contributed by atoms with Crippen molar-refractivity contribution in [1.82, 2.24) is 10.2 Å². The van der Waals surface area contributed by atoms with Crippen LogP contribution in [0.5, 0.6) is 5.75 Å². The van der Waals surface area contributed by atoms with Gasteiger partial charge in [0.1, 0.15) is 12.4 Å². The molecule has 1 heterocycles. The fraction of sp³-hybridized carbons (Fsp3) is 0.600. The van der Waals surface area contributed by atoms with E-state index in [1.807, 2.05) is 24.3 Å². The summed E-state index contributed by atoms with van der Waals surface area (Å²) in [7, 11) is 0. The van der Waals surface area contributed by atoms with Crippen molar-refractivity contribution in [2.45, 2.75) is 19.9 Å². The molecule has 0 bridgehead atoms. The molecule has 2 rings (SSSR count). The van der Waals surface area contributed by atoms with Crippen LogP contribution in [-0.4, -0.2) is 43.7 Å². The molecular formula is C15H23BrN2O. The van der Waals surface area contributed by atoms with Crippen LogP contribution >= 0.6 is 15.9 Å². The number of halogens is 1. The summed E-state index contributed by atoms with van der Waals surface area (Å²) in [4.78, 5) is 2.54. The average molecular weight is 327 g/mol. The van der Waals surface area contributed by atoms with Gasteiger partial charge in [-0.1, -0.05) is 35.8 Å². The topological polar surface area (TPSA) is 24.5 Å². The van der Waals surface area contributed by atoms with E-state index in [0.717, 1.165) is 43.0 Å². The summed E-state index contributed by atoms with van der Waals surface area (Å²) in [6, 6.07) is 8.65. The van der Waals surface area contributed by atoms with Crippen molar-refractivity contribution >= 4 is 15.9 Å². The minimum atomic E-state index is 0.625. The lowest BCUT2D eigenvalue weighted by Gasteiger charge is -2.38. The summed E-state index contributed by atoms with van der Waals surface area (Å²) >= 11 is 3.46. The van der Waals surface area contributed by atoms with Crippen LogP contribution in [0.1, 0.15) is 13.8 Å². The molecule has 1 aliphatic rings. The number of rotatable bonds is 5. The highest BCUT2D eigenvalue weighted by Crippen LogP contribution is 2.18. The molecule has 19 heavy (non-hydrogen) atoms. The number of hydrogen-bond acceptors (Lipinski definition) is 3. The predicted octanol–water partition coefficient (Wildman–Crippen LogP) is 2.76. The normalized spacial score (nSPS) is 20.7. The Morgan fingerprint density at radius 3 is 3.05 bits per heavy atom. The zero-order chi connectivity index (χ0) is 13.7. The molecule has 1 N–H and O–H groups in total. The maximum Gasteiger partial charge on any atom is 0.120 e. The first-order valence-corrected chi connectivity index (χ1v) is 7.79. The summed E-state index contributed by atoms with van der Waals surface area (Å²) < 4.78 is 6.89. The second-order valence-corrected chi connectivity index (χ2v) is 6.27. The van der Waals surface area contributed by atoms with E-state index in [1.54, 1.807) is 0 Å². The van der Waals surface area contributed by atoms with Crippen molar-refractivity contribution in [2.24, 2.45) is 5.92 Å². The molecule has 1 saturated heterocycles. The molecule has 1 aliphatic heterocycles. The van der Waals surface area contributed by atoms with Gasteiger partial charge in [0.15, 0.2) is 0 Å². The molecule has 0 saturated carbocycles. The first kappa shape index (κ1) is 14.8. The van der Waals surface area contributed by atoms with E-state index < -0.39 is 0 Å². The first-order chi connectivity index (χ1) is 9.16. The zero-order valence-corrected chi connectivity index (χ0v) is 13.3. The summed E-state index contributed by atoms with van der Waals surface area (Å²) in [6.45, 7) is 9.62. The number of benzene rings is 1. The van der Waals surface area contributed by atoms with Crippen molar-refractivity contribution < 1.29 is 4.74 Å². The largest absolute Gasteiger partial charge is 0.492 e. The van der Waals surface area contributed by atoms with Crippen molar-refractivity contribution in [3.05, 3.63) is 28.7 Å². The van der Waals surface area contributed by atoms with E-state index in [-0.39, 0.29) is 0 Å². The third kappa shape index (κ3) is 4.48. The van der Waals surface area contributed by atoms with Crippen LogP contribution in [0.15, 0.2) is 28.7 Å². The van der Waals surface area contributed by atoms with Gasteiger partial charge in [-0.05, 0) is 24.1 Å². The molecule has 1 atom stereocenters. The number of nitrogens with one attached hydrogen (secondary N) is 1. The lowest BCUT2D eigenvalue weighted by molar-refractivity contribution is 0.105. The highest BCUT2D eigenvalue weighted by atomic mass is 79.9. The van der Waals surface area contributed by atoms with E-state index in [0.29, 0.717) is 12.0 Å². The SMILES string of the molecule is CC(C)C1CNCCN1CCOc1cccc(Br)c1. The van der Waals surface area contributed by atoms with Gasteiger partial charge < -0.3 is 10.1 Å². The Morgan fingerprint density at radius 2 is 2.32 bits per heavy atom. The Hall–Kier alpha value is -0.580. The maximum absolute atomic E-state index is 5.83. The van der Waals surface area contributed by atoms with Gasteiger partial charge in [0, 0.05) is 36.7 Å². The molecule has 0 spiro atoms. The van der Waals surface area contributed by atoms with E-state index in [4.69, 9.17) is 4.74 Å². The highest BCUT2D eigenvalue weighted by Gasteiger charge is 2.24. The number of hydrogen-bond donors (Lipinski definition) is 1. The summed E-state index contributed by atoms with van der Waals surface area (Å²) in [6.07, 6.45) is 0. The van der Waals surface area contributed by atoms with Gasteiger partial charge in [0.25, 0.3) is 0 Å². The molecular weight excluding hydrogens is 304 g/mol. The Bertz CT molecular complexity index is 397. The first-order valence-electron chi connectivity index (χ1n) is 7.00. The van der Waals surface area contributed by atoms with Crippen LogP contribution in [0.25, 0.3) is 0 Å². The molecule has 3 nitrogen and oxygen atoms in total. The van der Waals surface area contributed by atoms with Gasteiger partial charge in [-0.2, -0.15) is 0 Å². The minimum absolute atomic E-state index is 0.625. The second kappa shape index (κ2) is 7.27. The van der Waals surface area contributed by atoms with Crippen molar-refractivity contribution in [3.63, 3.8) is 0 Å². The van der Waals surface area contributed by atoms with Gasteiger partial charge >= 0.3 is 0 Å². The molecule has 0 aromatic heterocycles. The summed E-state index contributed by atoms with van der Waals surface area (Å²) in [5, 5.41) is 3.47. The summed E-state index contributed by atoms with van der Waals surface area (Å²) in [5.41, 5.74) is 0. The van der Waals surface area contributed by atoms with Crippen molar-refractivity contribution in [3.8, 4) is 5.75 Å². The number of piperazine rings is 1. The highest BCUT2D eigenvalue weighted by molar-refractivity contribution is 9.10. The van der Waals surface area contributed by atoms with E-state index in [9.17, 15) is 0 Å². The summed E-state index contributed by atoms with van der Waals surface area (Å²) in [5.74, 6) is 1.62. The predicted molar refractivity (Wildman–Crippen MR) is 82.7 cm³/mol. The van der Waals surface area contributed by atoms with Gasteiger partial charge in [0.2, 0.25) is 0 Å². The Morgan fingerprint density at radius 1 is 1.47 bits per heavy atom. The third-order valence-corrected chi connectivity index (χ3v) is 4.10. The van der Waals surface area contributed by atoms with Gasteiger partial charge in [-0.3, -0.25) is 4.90 Å². The molecule has 0 radical (unpaired) electrons. The average Bonchev–Trinajstić information content (AvgIpc) is 2.39. The van der Waals surface area contributed by atoms with Crippen LogP contribution in [0.3, 0.4) is 0 Å². The smallest absolute Gasteiger partial charge is 0.120 e. The number of ether oxygens (including phenoxy) is 1. The van der Waals surface area contributed by atoms with Gasteiger partial charge in [-0.15, -0.1) is 0 Å². The molecule has 0 aliphatic carbocycles. The Labute approximate surface area is 124 Å². The molecule has 0 amide bonds. The van der Waals surface area contributed by atoms with Gasteiger partial charge in [-0.25, -0.2) is 0 Å². The standard InChI is InChI=1S/C15H23BrN2O/c1-12(2)15-11-17-6-7-18(15)8-9-19-14-5-3-4-13(16)10-14/h3-5,10,12,15,17H,6-9,11H2,1-2H3. The molecule has 1 unspecified atom stereocenters. The lowest BCUT2D eigenvalue weighted by atomic mass is 10.0. The van der Waals surface area contributed by atoms with Crippen LogP contribution in [-0.2, 0) is 0 Å². The van der Waals surface area contributed by atoms with Gasteiger partial charge in [0.05, 0.1) is 0 Å².